The molecule has 0 amide bonds. The number of para-hydroxylation sites is 1. The third kappa shape index (κ3) is 2.29. The number of hydrogen-bond acceptors (Lipinski definition) is 5. The van der Waals surface area contributed by atoms with E-state index in [2.05, 4.69) is 4.98 Å². The van der Waals surface area contributed by atoms with Crippen LogP contribution in [0.4, 0.5) is 5.69 Å². The zero-order chi connectivity index (χ0) is 13.1. The molecule has 6 nitrogen and oxygen atoms in total. The number of nitrogens with two attached hydrogens (primary N) is 2. The summed E-state index contributed by atoms with van der Waals surface area (Å²) in [5.74, 6) is 0. The monoisotopic (exact) mass is 246 g/mol. The fourth-order valence-electron chi connectivity index (χ4n) is 1.91. The third-order valence-corrected chi connectivity index (χ3v) is 2.83. The summed E-state index contributed by atoms with van der Waals surface area (Å²) in [4.78, 5) is 14.7. The summed E-state index contributed by atoms with van der Waals surface area (Å²) in [5, 5.41) is 11.8. The Morgan fingerprint density at radius 1 is 1.39 bits per heavy atom. The Balaban J connectivity index is 2.62. The van der Waals surface area contributed by atoms with Crippen molar-refractivity contribution in [2.24, 2.45) is 11.5 Å². The van der Waals surface area contributed by atoms with E-state index in [0.29, 0.717) is 12.0 Å². The van der Waals surface area contributed by atoms with E-state index >= 15 is 0 Å². The van der Waals surface area contributed by atoms with E-state index in [-0.39, 0.29) is 18.3 Å². The normalized spacial score (nSPS) is 12.6. The van der Waals surface area contributed by atoms with Gasteiger partial charge >= 0.3 is 0 Å². The van der Waals surface area contributed by atoms with Gasteiger partial charge in [0.1, 0.15) is 6.20 Å². The number of benzene rings is 1. The molecule has 1 aromatic carbocycles. The van der Waals surface area contributed by atoms with Crippen molar-refractivity contribution in [2.45, 2.75) is 12.5 Å². The van der Waals surface area contributed by atoms with Gasteiger partial charge in [-0.2, -0.15) is 0 Å². The van der Waals surface area contributed by atoms with Crippen LogP contribution in [-0.4, -0.2) is 22.5 Å². The lowest BCUT2D eigenvalue weighted by molar-refractivity contribution is -0.385. The maximum Gasteiger partial charge on any atom is 0.291 e. The minimum Gasteiger partial charge on any atom is -0.329 e. The number of nitro groups is 1. The van der Waals surface area contributed by atoms with E-state index in [4.69, 9.17) is 11.5 Å². The molecule has 4 N–H and O–H groups in total. The average Bonchev–Trinajstić information content (AvgIpc) is 2.38. The molecule has 0 saturated carbocycles. The molecule has 0 bridgehead atoms. The predicted octanol–water partition coefficient (Wildman–Crippen LogP) is 0.971. The highest BCUT2D eigenvalue weighted by Gasteiger charge is 2.19. The molecule has 18 heavy (non-hydrogen) atoms. The van der Waals surface area contributed by atoms with E-state index in [1.165, 1.54) is 6.20 Å². The van der Waals surface area contributed by atoms with E-state index in [1.807, 2.05) is 24.3 Å². The van der Waals surface area contributed by atoms with Crippen molar-refractivity contribution in [2.75, 3.05) is 6.54 Å². The molecule has 0 spiro atoms. The van der Waals surface area contributed by atoms with Gasteiger partial charge in [0.05, 0.1) is 10.4 Å². The van der Waals surface area contributed by atoms with E-state index in [9.17, 15) is 10.1 Å². The zero-order valence-electron chi connectivity index (χ0n) is 9.74. The molecule has 0 radical (unpaired) electrons. The maximum absolute atomic E-state index is 11.0. The standard InChI is InChI=1S/C12H14N4O2/c13-6-8(14)5-10-9-3-1-2-4-11(9)15-7-12(10)16(17)18/h1-4,7-8H,5-6,13-14H2. The Kier molecular flexibility index (Phi) is 3.50. The summed E-state index contributed by atoms with van der Waals surface area (Å²) < 4.78 is 0. The van der Waals surface area contributed by atoms with Gasteiger partial charge < -0.3 is 11.5 Å². The molecular weight excluding hydrogens is 232 g/mol. The van der Waals surface area contributed by atoms with Crippen molar-refractivity contribution >= 4 is 16.6 Å². The first-order chi connectivity index (χ1) is 8.63. The molecule has 6 heteroatoms. The Hall–Kier alpha value is -2.05. The summed E-state index contributed by atoms with van der Waals surface area (Å²) in [5.41, 5.74) is 12.6. The topological polar surface area (TPSA) is 108 Å². The van der Waals surface area contributed by atoms with Crippen molar-refractivity contribution in [1.29, 1.82) is 0 Å². The SMILES string of the molecule is NCC(N)Cc1c([N+](=O)[O-])cnc2ccccc12. The van der Waals surface area contributed by atoms with E-state index < -0.39 is 4.92 Å². The lowest BCUT2D eigenvalue weighted by Gasteiger charge is -2.11. The smallest absolute Gasteiger partial charge is 0.291 e. The van der Waals surface area contributed by atoms with Crippen LogP contribution in [0.2, 0.25) is 0 Å². The summed E-state index contributed by atoms with van der Waals surface area (Å²) in [6.45, 7) is 0.286. The van der Waals surface area contributed by atoms with Crippen molar-refractivity contribution in [3.8, 4) is 0 Å². The molecule has 2 aromatic rings. The summed E-state index contributed by atoms with van der Waals surface area (Å²) in [7, 11) is 0. The van der Waals surface area contributed by atoms with Gasteiger partial charge in [-0.1, -0.05) is 18.2 Å². The van der Waals surface area contributed by atoms with E-state index in [0.717, 1.165) is 10.9 Å². The maximum atomic E-state index is 11.0. The lowest BCUT2D eigenvalue weighted by Crippen LogP contribution is -2.32. The van der Waals surface area contributed by atoms with Gasteiger partial charge in [0.15, 0.2) is 0 Å². The molecule has 0 aliphatic carbocycles. The van der Waals surface area contributed by atoms with Crippen LogP contribution in [0.25, 0.3) is 10.9 Å². The summed E-state index contributed by atoms with van der Waals surface area (Å²) in [6, 6.07) is 7.00. The number of nitrogens with zero attached hydrogens (tertiary/aromatic N) is 2. The van der Waals surface area contributed by atoms with Crippen molar-refractivity contribution in [3.63, 3.8) is 0 Å². The predicted molar refractivity (Wildman–Crippen MR) is 69.1 cm³/mol. The van der Waals surface area contributed by atoms with E-state index in [1.54, 1.807) is 0 Å². The lowest BCUT2D eigenvalue weighted by atomic mass is 10.0. The highest BCUT2D eigenvalue weighted by atomic mass is 16.6. The van der Waals surface area contributed by atoms with Crippen molar-refractivity contribution in [3.05, 3.63) is 46.1 Å². The first-order valence-electron chi connectivity index (χ1n) is 5.60. The van der Waals surface area contributed by atoms with Gasteiger partial charge in [-0.05, 0) is 12.5 Å². The number of fused-ring (bicyclic) bond motifs is 1. The molecule has 0 fully saturated rings. The van der Waals surface area contributed by atoms with Gasteiger partial charge in [0.2, 0.25) is 0 Å². The minimum absolute atomic E-state index is 0.00222. The van der Waals surface area contributed by atoms with Gasteiger partial charge in [-0.25, -0.2) is 4.98 Å². The van der Waals surface area contributed by atoms with Gasteiger partial charge in [-0.3, -0.25) is 10.1 Å². The highest BCUT2D eigenvalue weighted by Crippen LogP contribution is 2.26. The second kappa shape index (κ2) is 5.07. The van der Waals surface area contributed by atoms with Crippen LogP contribution < -0.4 is 11.5 Å². The van der Waals surface area contributed by atoms with Crippen LogP contribution >= 0.6 is 0 Å². The molecule has 94 valence electrons. The molecule has 1 unspecified atom stereocenters. The molecule has 1 aromatic heterocycles. The quantitative estimate of drug-likeness (QED) is 0.617. The van der Waals surface area contributed by atoms with Crippen molar-refractivity contribution < 1.29 is 4.92 Å². The summed E-state index contributed by atoms with van der Waals surface area (Å²) >= 11 is 0. The van der Waals surface area contributed by atoms with Crippen LogP contribution in [0.3, 0.4) is 0 Å². The Bertz CT molecular complexity index is 585. The van der Waals surface area contributed by atoms with Crippen LogP contribution in [0.5, 0.6) is 0 Å². The molecule has 1 atom stereocenters. The van der Waals surface area contributed by atoms with Crippen LogP contribution in [0.1, 0.15) is 5.56 Å². The first kappa shape index (κ1) is 12.4. The zero-order valence-corrected chi connectivity index (χ0v) is 9.74. The number of rotatable bonds is 4. The molecule has 0 aliphatic rings. The molecular formula is C12H14N4O2. The Labute approximate surface area is 104 Å². The second-order valence-electron chi connectivity index (χ2n) is 4.10. The molecule has 2 rings (SSSR count). The van der Waals surface area contributed by atoms with Gasteiger partial charge in [0, 0.05) is 23.5 Å². The fourth-order valence-corrected chi connectivity index (χ4v) is 1.91. The third-order valence-electron chi connectivity index (χ3n) is 2.83. The Morgan fingerprint density at radius 2 is 2.11 bits per heavy atom. The van der Waals surface area contributed by atoms with Crippen LogP contribution in [0.15, 0.2) is 30.5 Å². The van der Waals surface area contributed by atoms with Crippen LogP contribution in [-0.2, 0) is 6.42 Å². The number of pyridine rings is 1. The summed E-state index contributed by atoms with van der Waals surface area (Å²) in [6.07, 6.45) is 1.65. The highest BCUT2D eigenvalue weighted by molar-refractivity contribution is 5.85. The molecule has 0 aliphatic heterocycles. The van der Waals surface area contributed by atoms with Crippen LogP contribution in [0, 0.1) is 10.1 Å². The van der Waals surface area contributed by atoms with Crippen molar-refractivity contribution in [1.82, 2.24) is 4.98 Å². The minimum atomic E-state index is -0.433. The molecule has 1 heterocycles. The molecule has 0 saturated heterocycles. The number of hydrogen-bond donors (Lipinski definition) is 2. The fraction of sp³-hybridized carbons (Fsp3) is 0.250. The average molecular weight is 246 g/mol. The first-order valence-corrected chi connectivity index (χ1v) is 5.60. The largest absolute Gasteiger partial charge is 0.329 e. The van der Waals surface area contributed by atoms with Gasteiger partial charge in [-0.15, -0.1) is 0 Å². The second-order valence-corrected chi connectivity index (χ2v) is 4.10. The number of aromatic nitrogens is 1. The Morgan fingerprint density at radius 3 is 2.78 bits per heavy atom. The van der Waals surface area contributed by atoms with Gasteiger partial charge in [0.25, 0.3) is 5.69 Å².